The zero-order chi connectivity index (χ0) is 31.5. The van der Waals surface area contributed by atoms with Crippen LogP contribution in [0.25, 0.3) is 22.4 Å². The highest BCUT2D eigenvalue weighted by Crippen LogP contribution is 2.37. The lowest BCUT2D eigenvalue weighted by Gasteiger charge is -2.13. The largest absolute Gasteiger partial charge is 0.353 e. The molecule has 7 heterocycles. The Balaban J connectivity index is 1.52. The summed E-state index contributed by atoms with van der Waals surface area (Å²) in [5.74, 6) is -10.4. The number of H-pyrrole nitrogens is 1. The van der Waals surface area contributed by atoms with Crippen molar-refractivity contribution in [2.75, 3.05) is 0 Å². The van der Waals surface area contributed by atoms with Crippen LogP contribution in [0, 0.1) is 29.1 Å². The second-order valence-electron chi connectivity index (χ2n) is 10.4. The van der Waals surface area contributed by atoms with E-state index in [9.17, 15) is 13.2 Å². The van der Waals surface area contributed by atoms with Gasteiger partial charge < -0.3 is 4.98 Å². The van der Waals surface area contributed by atoms with Crippen molar-refractivity contribution in [3.8, 4) is 0 Å². The number of aromatic amines is 1. The van der Waals surface area contributed by atoms with Gasteiger partial charge >= 0.3 is 0 Å². The molecule has 6 nitrogen and oxygen atoms in total. The van der Waals surface area contributed by atoms with Gasteiger partial charge in [-0.3, -0.25) is 9.97 Å². The summed E-state index contributed by atoms with van der Waals surface area (Å²) in [6.07, 6.45) is 12.9. The lowest BCUT2D eigenvalue weighted by molar-refractivity contribution is 0.376. The number of nitrogens with zero attached hydrogens (tertiary/aromatic N) is 5. The Hall–Kier alpha value is -6.10. The summed E-state index contributed by atoms with van der Waals surface area (Å²) >= 11 is 0. The topological polar surface area (TPSA) is 78.6 Å². The first-order valence-corrected chi connectivity index (χ1v) is 14.0. The molecule has 0 amide bonds. The molecule has 4 aliphatic rings. The molecule has 46 heavy (non-hydrogen) atoms. The fourth-order valence-electron chi connectivity index (χ4n) is 5.66. The number of hydrogen-bond donors (Lipinski definition) is 1. The van der Waals surface area contributed by atoms with Crippen LogP contribution in [0.4, 0.5) is 22.0 Å². The van der Waals surface area contributed by atoms with Crippen molar-refractivity contribution in [1.29, 1.82) is 0 Å². The Bertz CT molecular complexity index is 2360. The maximum Gasteiger partial charge on any atom is 0.200 e. The molecule has 1 aromatic carbocycles. The second kappa shape index (κ2) is 10.5. The molecule has 0 spiro atoms. The van der Waals surface area contributed by atoms with Crippen LogP contribution < -0.4 is 10.7 Å². The van der Waals surface area contributed by atoms with E-state index in [4.69, 9.17) is 4.99 Å². The molecule has 0 saturated heterocycles. The van der Waals surface area contributed by atoms with E-state index in [2.05, 4.69) is 24.9 Å². The number of aromatic nitrogens is 3. The molecule has 4 aromatic rings. The maximum absolute atomic E-state index is 15.5. The van der Waals surface area contributed by atoms with Gasteiger partial charge in [-0.1, -0.05) is 12.1 Å². The monoisotopic (exact) mass is 616 g/mol. The van der Waals surface area contributed by atoms with E-state index in [1.54, 1.807) is 67.0 Å². The molecule has 11 heteroatoms. The SMILES string of the molecule is Fc1c(F)c(F)c(C2=C3C=CC(=N3)C(c3ccccn3)=c3ccc([nH]3)=C3C=CC(=N3)C(c3ccccn3)=C3C=CC2=N3)c(F)c1F. The van der Waals surface area contributed by atoms with Crippen molar-refractivity contribution in [3.05, 3.63) is 166 Å². The molecular weight excluding hydrogens is 599 g/mol. The number of nitrogens with one attached hydrogen (secondary N) is 1. The molecular formula is C35H17F5N6. The Labute approximate surface area is 256 Å². The summed E-state index contributed by atoms with van der Waals surface area (Å²) in [6.45, 7) is 0. The molecule has 0 radical (unpaired) electrons. The Morgan fingerprint density at radius 3 is 1.52 bits per heavy atom. The fraction of sp³-hybridized carbons (Fsp3) is 0. The van der Waals surface area contributed by atoms with Crippen LogP contribution in [0.15, 0.2) is 124 Å². The van der Waals surface area contributed by atoms with Gasteiger partial charge in [0.25, 0.3) is 0 Å². The number of hydrogen-bond acceptors (Lipinski definition) is 5. The van der Waals surface area contributed by atoms with E-state index in [0.717, 1.165) is 0 Å². The highest BCUT2D eigenvalue weighted by molar-refractivity contribution is 6.37. The highest BCUT2D eigenvalue weighted by Gasteiger charge is 2.33. The van der Waals surface area contributed by atoms with Crippen molar-refractivity contribution >= 4 is 39.6 Å². The van der Waals surface area contributed by atoms with Crippen LogP contribution >= 0.6 is 0 Å². The Kier molecular flexibility index (Phi) is 6.27. The van der Waals surface area contributed by atoms with E-state index in [-0.39, 0.29) is 17.0 Å². The second-order valence-corrected chi connectivity index (χ2v) is 10.4. The van der Waals surface area contributed by atoms with Crippen LogP contribution in [-0.4, -0.2) is 32.1 Å². The normalized spacial score (nSPS) is 16.7. The van der Waals surface area contributed by atoms with Crippen LogP contribution in [0.3, 0.4) is 0 Å². The predicted molar refractivity (Wildman–Crippen MR) is 164 cm³/mol. The summed E-state index contributed by atoms with van der Waals surface area (Å²) in [5.41, 5.74) is 2.17. The smallest absolute Gasteiger partial charge is 0.200 e. The number of pyridine rings is 2. The van der Waals surface area contributed by atoms with Gasteiger partial charge in [0, 0.05) is 23.5 Å². The summed E-state index contributed by atoms with van der Waals surface area (Å²) in [6, 6.07) is 14.3. The van der Waals surface area contributed by atoms with Gasteiger partial charge in [-0.15, -0.1) is 0 Å². The van der Waals surface area contributed by atoms with Crippen molar-refractivity contribution < 1.29 is 22.0 Å². The average Bonchev–Trinajstić information content (AvgIpc) is 3.91. The van der Waals surface area contributed by atoms with Crippen molar-refractivity contribution in [2.24, 2.45) is 15.0 Å². The third-order valence-electron chi connectivity index (χ3n) is 7.73. The molecule has 0 atom stereocenters. The summed E-state index contributed by atoms with van der Waals surface area (Å²) < 4.78 is 74.4. The minimum absolute atomic E-state index is 0.0644. The molecule has 0 unspecified atom stereocenters. The van der Waals surface area contributed by atoms with Crippen molar-refractivity contribution in [3.63, 3.8) is 0 Å². The molecule has 4 aliphatic heterocycles. The minimum Gasteiger partial charge on any atom is -0.353 e. The van der Waals surface area contributed by atoms with Gasteiger partial charge in [0.05, 0.1) is 67.4 Å². The number of halogens is 5. The molecule has 1 N–H and O–H groups in total. The van der Waals surface area contributed by atoms with Gasteiger partial charge in [-0.25, -0.2) is 36.9 Å². The van der Waals surface area contributed by atoms with E-state index >= 15 is 8.78 Å². The van der Waals surface area contributed by atoms with Gasteiger partial charge in [0.15, 0.2) is 23.3 Å². The average molecular weight is 617 g/mol. The number of rotatable bonds is 3. The van der Waals surface area contributed by atoms with E-state index < -0.39 is 34.6 Å². The molecule has 8 rings (SSSR count). The third kappa shape index (κ3) is 4.27. The number of fused-ring (bicyclic) bond motifs is 5. The quantitative estimate of drug-likeness (QED) is 0.183. The van der Waals surface area contributed by atoms with Crippen LogP contribution in [0.2, 0.25) is 0 Å². The van der Waals surface area contributed by atoms with Crippen molar-refractivity contribution in [1.82, 2.24) is 15.0 Å². The number of aliphatic imine (C=N–C) groups is 3. The number of allylic oxidation sites excluding steroid dienone is 7. The Morgan fingerprint density at radius 1 is 0.435 bits per heavy atom. The van der Waals surface area contributed by atoms with E-state index in [1.807, 2.05) is 18.2 Å². The molecule has 3 aromatic heterocycles. The first-order valence-electron chi connectivity index (χ1n) is 14.0. The zero-order valence-electron chi connectivity index (χ0n) is 23.4. The van der Waals surface area contributed by atoms with Gasteiger partial charge in [-0.05, 0) is 72.9 Å². The highest BCUT2D eigenvalue weighted by atomic mass is 19.2. The third-order valence-corrected chi connectivity index (χ3v) is 7.73. The summed E-state index contributed by atoms with van der Waals surface area (Å²) in [7, 11) is 0. The van der Waals surface area contributed by atoms with Crippen LogP contribution in [0.1, 0.15) is 17.0 Å². The Morgan fingerprint density at radius 2 is 0.913 bits per heavy atom. The summed E-state index contributed by atoms with van der Waals surface area (Å²) in [4.78, 5) is 26.5. The summed E-state index contributed by atoms with van der Waals surface area (Å²) in [5, 5.41) is 1.30. The van der Waals surface area contributed by atoms with Gasteiger partial charge in [0.1, 0.15) is 0 Å². The minimum atomic E-state index is -2.26. The molecule has 222 valence electrons. The van der Waals surface area contributed by atoms with E-state index in [0.29, 0.717) is 56.0 Å². The first kappa shape index (κ1) is 27.4. The predicted octanol–water partition coefficient (Wildman–Crippen LogP) is 5.68. The molecule has 0 aliphatic carbocycles. The van der Waals surface area contributed by atoms with Crippen molar-refractivity contribution in [2.45, 2.75) is 0 Å². The molecule has 0 fully saturated rings. The first-order chi connectivity index (χ1) is 22.4. The van der Waals surface area contributed by atoms with Crippen LogP contribution in [-0.2, 0) is 0 Å². The number of benzene rings is 1. The zero-order valence-corrected chi connectivity index (χ0v) is 23.4. The standard InChI is InChI=1S/C35H17F5N6/c36-31-30(32(37)34(39)35(40)33(31)38)29-25-13-11-23(45-25)27(19-5-1-3-15-41-19)21-9-7-17(43-21)18-8-10-22(44-18)28(20-6-2-4-16-42-20)24-12-14-26(29)46-24/h1-16,43H. The lowest BCUT2D eigenvalue weighted by atomic mass is 9.97. The fourth-order valence-corrected chi connectivity index (χ4v) is 5.66. The molecule has 8 bridgehead atoms. The van der Waals surface area contributed by atoms with Gasteiger partial charge in [0.2, 0.25) is 5.82 Å². The van der Waals surface area contributed by atoms with E-state index in [1.165, 1.54) is 12.2 Å². The maximum atomic E-state index is 15.5. The lowest BCUT2D eigenvalue weighted by Crippen LogP contribution is -2.19. The van der Waals surface area contributed by atoms with Gasteiger partial charge in [-0.2, -0.15) is 0 Å². The van der Waals surface area contributed by atoms with Crippen LogP contribution in [0.5, 0.6) is 0 Å². The molecule has 0 saturated carbocycles.